The fourth-order valence-electron chi connectivity index (χ4n) is 2.81. The molecule has 1 heterocycles. The highest BCUT2D eigenvalue weighted by molar-refractivity contribution is 6.37. The number of carbonyl (C=O) groups excluding carboxylic acids is 1. The molecule has 25 heavy (non-hydrogen) atoms. The molecule has 2 aromatic carbocycles. The number of nitrogens with one attached hydrogen (secondary N) is 1. The largest absolute Gasteiger partial charge is 0.454 e. The van der Waals surface area contributed by atoms with Crippen molar-refractivity contribution in [2.24, 2.45) is 0 Å². The maximum absolute atomic E-state index is 11.8. The number of nitrogens with zero attached hydrogens (tertiary/aromatic N) is 1. The van der Waals surface area contributed by atoms with Crippen LogP contribution in [-0.2, 0) is 10.2 Å². The Kier molecular flexibility index (Phi) is 4.34. The lowest BCUT2D eigenvalue weighted by Gasteiger charge is -2.32. The van der Waals surface area contributed by atoms with Crippen molar-refractivity contribution in [2.45, 2.75) is 25.7 Å². The van der Waals surface area contributed by atoms with E-state index in [0.717, 1.165) is 11.3 Å². The number of ether oxygens (including phenoxy) is 1. The number of hydrogen-bond donors (Lipinski definition) is 1. The number of hydrogen-bond acceptors (Lipinski definition) is 4. The lowest BCUT2D eigenvalue weighted by molar-refractivity contribution is -0.384. The number of nitro benzene ring substituents is 1. The average molecular weight is 381 g/mol. The fraction of sp³-hybridized carbons (Fsp3) is 0.235. The van der Waals surface area contributed by atoms with Gasteiger partial charge in [-0.2, -0.15) is 0 Å². The van der Waals surface area contributed by atoms with E-state index in [-0.39, 0.29) is 32.8 Å². The summed E-state index contributed by atoms with van der Waals surface area (Å²) in [5.74, 6) is 0.583. The molecule has 1 aliphatic rings. The predicted molar refractivity (Wildman–Crippen MR) is 95.9 cm³/mol. The molecule has 0 atom stereocenters. The third-order valence-electron chi connectivity index (χ3n) is 4.01. The van der Waals surface area contributed by atoms with Gasteiger partial charge in [0.25, 0.3) is 5.69 Å². The lowest BCUT2D eigenvalue weighted by atomic mass is 9.78. The van der Waals surface area contributed by atoms with Crippen LogP contribution >= 0.6 is 23.2 Å². The maximum Gasteiger partial charge on any atom is 0.272 e. The highest BCUT2D eigenvalue weighted by Gasteiger charge is 2.32. The first kappa shape index (κ1) is 17.5. The van der Waals surface area contributed by atoms with Crippen molar-refractivity contribution in [3.63, 3.8) is 0 Å². The summed E-state index contributed by atoms with van der Waals surface area (Å²) in [7, 11) is 0. The summed E-state index contributed by atoms with van der Waals surface area (Å²) in [5.41, 5.74) is 1.10. The first-order valence-corrected chi connectivity index (χ1v) is 8.18. The number of amides is 1. The van der Waals surface area contributed by atoms with E-state index in [0.29, 0.717) is 12.2 Å². The summed E-state index contributed by atoms with van der Waals surface area (Å²) >= 11 is 12.2. The zero-order chi connectivity index (χ0) is 18.4. The van der Waals surface area contributed by atoms with E-state index in [1.165, 1.54) is 12.1 Å². The Morgan fingerprint density at radius 2 is 1.84 bits per heavy atom. The van der Waals surface area contributed by atoms with Crippen LogP contribution in [0.15, 0.2) is 30.3 Å². The van der Waals surface area contributed by atoms with Crippen molar-refractivity contribution < 1.29 is 14.5 Å². The summed E-state index contributed by atoms with van der Waals surface area (Å²) in [6.07, 6.45) is 0.364. The molecule has 0 saturated heterocycles. The van der Waals surface area contributed by atoms with Crippen LogP contribution < -0.4 is 10.1 Å². The van der Waals surface area contributed by atoms with Gasteiger partial charge in [-0.15, -0.1) is 0 Å². The summed E-state index contributed by atoms with van der Waals surface area (Å²) in [6, 6.07) is 7.60. The number of halogens is 2. The third-order valence-corrected chi connectivity index (χ3v) is 4.57. The van der Waals surface area contributed by atoms with Gasteiger partial charge < -0.3 is 10.1 Å². The summed E-state index contributed by atoms with van der Waals surface area (Å²) in [6.45, 7) is 3.94. The van der Waals surface area contributed by atoms with Crippen molar-refractivity contribution in [2.75, 3.05) is 5.32 Å². The Hall–Kier alpha value is -2.31. The molecule has 0 bridgehead atoms. The summed E-state index contributed by atoms with van der Waals surface area (Å²) < 4.78 is 5.76. The average Bonchev–Trinajstić information content (AvgIpc) is 2.50. The zero-order valence-electron chi connectivity index (χ0n) is 13.4. The van der Waals surface area contributed by atoms with Gasteiger partial charge in [0.1, 0.15) is 5.75 Å². The molecule has 0 radical (unpaired) electrons. The smallest absolute Gasteiger partial charge is 0.272 e. The van der Waals surface area contributed by atoms with Crippen LogP contribution in [0.1, 0.15) is 25.8 Å². The first-order chi connectivity index (χ1) is 11.7. The van der Waals surface area contributed by atoms with E-state index in [4.69, 9.17) is 27.9 Å². The van der Waals surface area contributed by atoms with E-state index in [2.05, 4.69) is 5.32 Å². The van der Waals surface area contributed by atoms with Crippen LogP contribution in [0, 0.1) is 10.1 Å². The van der Waals surface area contributed by atoms with E-state index in [1.54, 1.807) is 12.1 Å². The van der Waals surface area contributed by atoms with Crippen molar-refractivity contribution in [1.29, 1.82) is 0 Å². The maximum atomic E-state index is 11.8. The van der Waals surface area contributed by atoms with Crippen molar-refractivity contribution >= 4 is 40.5 Å². The molecule has 0 saturated carbocycles. The molecular weight excluding hydrogens is 367 g/mol. The van der Waals surface area contributed by atoms with Gasteiger partial charge >= 0.3 is 0 Å². The van der Waals surface area contributed by atoms with Crippen LogP contribution in [-0.4, -0.2) is 10.8 Å². The minimum absolute atomic E-state index is 0.0346. The van der Waals surface area contributed by atoms with Gasteiger partial charge in [-0.25, -0.2) is 0 Å². The number of anilines is 1. The molecular formula is C17H14Cl2N2O4. The number of benzene rings is 2. The Morgan fingerprint density at radius 3 is 2.44 bits per heavy atom. The predicted octanol–water partition coefficient (Wildman–Crippen LogP) is 5.31. The fourth-order valence-corrected chi connectivity index (χ4v) is 3.37. The van der Waals surface area contributed by atoms with Gasteiger partial charge in [-0.3, -0.25) is 14.9 Å². The number of fused-ring (bicyclic) bond motifs is 1. The third kappa shape index (κ3) is 3.41. The van der Waals surface area contributed by atoms with Gasteiger partial charge in [0.2, 0.25) is 5.91 Å². The molecule has 0 spiro atoms. The summed E-state index contributed by atoms with van der Waals surface area (Å²) in [4.78, 5) is 22.0. The molecule has 1 amide bonds. The Bertz CT molecular complexity index is 873. The highest BCUT2D eigenvalue weighted by Crippen LogP contribution is 2.43. The molecule has 1 N–H and O–H groups in total. The van der Waals surface area contributed by atoms with Crippen molar-refractivity contribution in [3.05, 3.63) is 56.1 Å². The van der Waals surface area contributed by atoms with Crippen LogP contribution in [0.2, 0.25) is 10.0 Å². The standard InChI is InChI=1S/C17H14Cl2N2O4/c1-17(2)8-15(22)20-14-4-3-10(7-11(14)17)25-16-12(18)5-9(21(23)24)6-13(16)19/h3-7H,8H2,1-2H3,(H,20,22). The minimum atomic E-state index is -0.578. The Labute approximate surface area is 153 Å². The second-order valence-corrected chi connectivity index (χ2v) is 7.23. The molecule has 3 rings (SSSR count). The van der Waals surface area contributed by atoms with Crippen LogP contribution in [0.3, 0.4) is 0 Å². The first-order valence-electron chi connectivity index (χ1n) is 7.43. The van der Waals surface area contributed by atoms with Crippen LogP contribution in [0.5, 0.6) is 11.5 Å². The summed E-state index contributed by atoms with van der Waals surface area (Å²) in [5, 5.41) is 13.8. The molecule has 0 aliphatic carbocycles. The van der Waals surface area contributed by atoms with Gasteiger partial charge in [-0.1, -0.05) is 37.0 Å². The van der Waals surface area contributed by atoms with Crippen LogP contribution in [0.25, 0.3) is 0 Å². The zero-order valence-corrected chi connectivity index (χ0v) is 14.9. The van der Waals surface area contributed by atoms with Gasteiger partial charge in [-0.05, 0) is 23.8 Å². The lowest BCUT2D eigenvalue weighted by Crippen LogP contribution is -2.32. The number of nitro groups is 1. The molecule has 0 unspecified atom stereocenters. The topological polar surface area (TPSA) is 81.5 Å². The van der Waals surface area contributed by atoms with Crippen molar-refractivity contribution in [3.8, 4) is 11.5 Å². The molecule has 130 valence electrons. The quantitative estimate of drug-likeness (QED) is 0.577. The monoisotopic (exact) mass is 380 g/mol. The van der Waals surface area contributed by atoms with E-state index < -0.39 is 4.92 Å². The molecule has 2 aromatic rings. The molecule has 1 aliphatic heterocycles. The Morgan fingerprint density at radius 1 is 1.20 bits per heavy atom. The number of carbonyl (C=O) groups is 1. The normalized spacial score (nSPS) is 15.3. The second kappa shape index (κ2) is 6.20. The van der Waals surface area contributed by atoms with E-state index in [9.17, 15) is 14.9 Å². The number of rotatable bonds is 3. The second-order valence-electron chi connectivity index (χ2n) is 6.41. The van der Waals surface area contributed by atoms with Gasteiger partial charge in [0, 0.05) is 29.7 Å². The van der Waals surface area contributed by atoms with Gasteiger partial charge in [0.15, 0.2) is 5.75 Å². The van der Waals surface area contributed by atoms with E-state index in [1.807, 2.05) is 19.9 Å². The molecule has 8 heteroatoms. The van der Waals surface area contributed by atoms with E-state index >= 15 is 0 Å². The van der Waals surface area contributed by atoms with Crippen LogP contribution in [0.4, 0.5) is 11.4 Å². The van der Waals surface area contributed by atoms with Gasteiger partial charge in [0.05, 0.1) is 15.0 Å². The highest BCUT2D eigenvalue weighted by atomic mass is 35.5. The Balaban J connectivity index is 1.98. The molecule has 6 nitrogen and oxygen atoms in total. The van der Waals surface area contributed by atoms with Crippen molar-refractivity contribution in [1.82, 2.24) is 0 Å². The molecule has 0 fully saturated rings. The number of non-ortho nitro benzene ring substituents is 1. The minimum Gasteiger partial charge on any atom is -0.454 e. The SMILES string of the molecule is CC1(C)CC(=O)Nc2ccc(Oc3c(Cl)cc([N+](=O)[O-])cc3Cl)cc21. The molecule has 0 aromatic heterocycles.